The van der Waals surface area contributed by atoms with Crippen LogP contribution in [-0.2, 0) is 26.2 Å². The van der Waals surface area contributed by atoms with Crippen LogP contribution >= 0.6 is 39.1 Å². The summed E-state index contributed by atoms with van der Waals surface area (Å²) in [5, 5.41) is 3.53. The van der Waals surface area contributed by atoms with Gasteiger partial charge in [-0.3, -0.25) is 13.9 Å². The van der Waals surface area contributed by atoms with Crippen LogP contribution in [0.1, 0.15) is 37.8 Å². The standard InChI is InChI=1S/C29H32BrCl2N3O4S/c1-4-5-15-33-29(37)21(3)34(18-22-11-14-26(31)27(32)16-22)28(36)19-35(24-8-6-7-23(30)17-24)40(38,39)25-12-9-20(2)10-13-25/h6-14,16-17,21H,4-5,15,18-19H2,1-3H3,(H,33,37)/t21-/m0/s1. The van der Waals surface area contributed by atoms with Gasteiger partial charge in [-0.15, -0.1) is 0 Å². The first-order chi connectivity index (χ1) is 18.9. The second kappa shape index (κ2) is 14.3. The van der Waals surface area contributed by atoms with Crippen LogP contribution in [0.4, 0.5) is 5.69 Å². The number of nitrogens with zero attached hydrogens (tertiary/aromatic N) is 2. The molecule has 0 heterocycles. The van der Waals surface area contributed by atoms with Gasteiger partial charge in [-0.05, 0) is 68.3 Å². The van der Waals surface area contributed by atoms with Gasteiger partial charge in [0, 0.05) is 17.6 Å². The SMILES string of the molecule is CCCCNC(=O)[C@H](C)N(Cc1ccc(Cl)c(Cl)c1)C(=O)CN(c1cccc(Br)c1)S(=O)(=O)c1ccc(C)cc1. The molecule has 0 aromatic heterocycles. The van der Waals surface area contributed by atoms with E-state index in [0.717, 1.165) is 22.7 Å². The molecule has 0 aliphatic carbocycles. The summed E-state index contributed by atoms with van der Waals surface area (Å²) >= 11 is 15.7. The molecule has 214 valence electrons. The summed E-state index contributed by atoms with van der Waals surface area (Å²) in [6.07, 6.45) is 1.70. The summed E-state index contributed by atoms with van der Waals surface area (Å²) in [5.74, 6) is -0.892. The van der Waals surface area contributed by atoms with Crippen molar-refractivity contribution in [1.82, 2.24) is 10.2 Å². The zero-order valence-corrected chi connectivity index (χ0v) is 26.4. The maximum absolute atomic E-state index is 13.9. The van der Waals surface area contributed by atoms with Gasteiger partial charge in [0.25, 0.3) is 10.0 Å². The number of hydrogen-bond donors (Lipinski definition) is 1. The van der Waals surface area contributed by atoms with Crippen LogP contribution in [0, 0.1) is 6.92 Å². The van der Waals surface area contributed by atoms with Gasteiger partial charge in [-0.25, -0.2) is 8.42 Å². The fourth-order valence-electron chi connectivity index (χ4n) is 3.95. The van der Waals surface area contributed by atoms with Crippen LogP contribution in [0.15, 0.2) is 76.1 Å². The Bertz CT molecular complexity index is 1450. The van der Waals surface area contributed by atoms with Crippen molar-refractivity contribution < 1.29 is 18.0 Å². The Morgan fingerprint density at radius 3 is 2.33 bits per heavy atom. The Morgan fingerprint density at radius 1 is 1.00 bits per heavy atom. The molecule has 40 heavy (non-hydrogen) atoms. The zero-order chi connectivity index (χ0) is 29.4. The number of unbranched alkanes of at least 4 members (excludes halogenated alkanes) is 1. The molecule has 0 saturated carbocycles. The Balaban J connectivity index is 2.01. The summed E-state index contributed by atoms with van der Waals surface area (Å²) in [5.41, 5.74) is 1.85. The summed E-state index contributed by atoms with van der Waals surface area (Å²) in [7, 11) is -4.14. The van der Waals surface area contributed by atoms with E-state index in [1.165, 1.54) is 17.0 Å². The third-order valence-corrected chi connectivity index (χ3v) is 9.34. The van der Waals surface area contributed by atoms with Crippen molar-refractivity contribution in [1.29, 1.82) is 0 Å². The van der Waals surface area contributed by atoms with E-state index in [2.05, 4.69) is 21.2 Å². The van der Waals surface area contributed by atoms with Crippen LogP contribution in [-0.4, -0.2) is 44.3 Å². The highest BCUT2D eigenvalue weighted by molar-refractivity contribution is 9.10. The quantitative estimate of drug-likeness (QED) is 0.221. The average molecular weight is 669 g/mol. The van der Waals surface area contributed by atoms with Crippen LogP contribution in [0.2, 0.25) is 10.0 Å². The van der Waals surface area contributed by atoms with E-state index >= 15 is 0 Å². The number of halogens is 3. The Morgan fingerprint density at radius 2 is 1.70 bits per heavy atom. The summed E-state index contributed by atoms with van der Waals surface area (Å²) in [6, 6.07) is 17.2. The second-order valence-electron chi connectivity index (χ2n) is 9.40. The summed E-state index contributed by atoms with van der Waals surface area (Å²) in [4.78, 5) is 28.4. The van der Waals surface area contributed by atoms with E-state index in [4.69, 9.17) is 23.2 Å². The second-order valence-corrected chi connectivity index (χ2v) is 13.0. The van der Waals surface area contributed by atoms with Gasteiger partial charge in [-0.2, -0.15) is 0 Å². The number of carbonyl (C=O) groups is 2. The average Bonchev–Trinajstić information content (AvgIpc) is 2.92. The molecule has 0 aliphatic heterocycles. The molecule has 3 rings (SSSR count). The van der Waals surface area contributed by atoms with Gasteiger partial charge >= 0.3 is 0 Å². The predicted molar refractivity (Wildman–Crippen MR) is 164 cm³/mol. The number of anilines is 1. The van der Waals surface area contributed by atoms with E-state index in [9.17, 15) is 18.0 Å². The molecule has 7 nitrogen and oxygen atoms in total. The summed E-state index contributed by atoms with van der Waals surface area (Å²) in [6.45, 7) is 5.46. The van der Waals surface area contributed by atoms with Crippen molar-refractivity contribution in [3.8, 4) is 0 Å². The number of amides is 2. The number of rotatable bonds is 12. The number of nitrogens with one attached hydrogen (secondary N) is 1. The van der Waals surface area contributed by atoms with E-state index in [1.54, 1.807) is 61.5 Å². The molecule has 3 aromatic rings. The predicted octanol–water partition coefficient (Wildman–Crippen LogP) is 6.59. The molecule has 0 aliphatic rings. The van der Waals surface area contributed by atoms with E-state index in [0.29, 0.717) is 32.3 Å². The largest absolute Gasteiger partial charge is 0.354 e. The van der Waals surface area contributed by atoms with Crippen LogP contribution in [0.3, 0.4) is 0 Å². The molecule has 0 spiro atoms. The highest BCUT2D eigenvalue weighted by Crippen LogP contribution is 2.28. The van der Waals surface area contributed by atoms with Crippen molar-refractivity contribution in [2.24, 2.45) is 0 Å². The molecule has 0 radical (unpaired) electrons. The fraction of sp³-hybridized carbons (Fsp3) is 0.310. The first-order valence-corrected chi connectivity index (χ1v) is 15.8. The Kier molecular flexibility index (Phi) is 11.5. The lowest BCUT2D eigenvalue weighted by molar-refractivity contribution is -0.139. The molecule has 3 aromatic carbocycles. The van der Waals surface area contributed by atoms with Gasteiger partial charge in [0.1, 0.15) is 12.6 Å². The molecule has 1 atom stereocenters. The Hall–Kier alpha value is -2.59. The fourth-order valence-corrected chi connectivity index (χ4v) is 6.06. The molecule has 11 heteroatoms. The first kappa shape index (κ1) is 31.9. The molecule has 2 amide bonds. The van der Waals surface area contributed by atoms with Gasteiger partial charge in [0.2, 0.25) is 11.8 Å². The molecule has 0 saturated heterocycles. The third-order valence-electron chi connectivity index (χ3n) is 6.32. The van der Waals surface area contributed by atoms with Crippen molar-refractivity contribution in [3.63, 3.8) is 0 Å². The monoisotopic (exact) mass is 667 g/mol. The van der Waals surface area contributed by atoms with E-state index in [-0.39, 0.29) is 17.3 Å². The molecule has 0 unspecified atom stereocenters. The van der Waals surface area contributed by atoms with E-state index < -0.39 is 28.5 Å². The smallest absolute Gasteiger partial charge is 0.264 e. The topological polar surface area (TPSA) is 86.8 Å². The summed E-state index contributed by atoms with van der Waals surface area (Å²) < 4.78 is 29.4. The third kappa shape index (κ3) is 8.22. The maximum Gasteiger partial charge on any atom is 0.264 e. The highest BCUT2D eigenvalue weighted by Gasteiger charge is 2.32. The van der Waals surface area contributed by atoms with Crippen molar-refractivity contribution in [3.05, 3.63) is 92.4 Å². The molecule has 0 bridgehead atoms. The van der Waals surface area contributed by atoms with Crippen molar-refractivity contribution >= 4 is 66.7 Å². The minimum atomic E-state index is -4.14. The lowest BCUT2D eigenvalue weighted by Crippen LogP contribution is -2.51. The first-order valence-electron chi connectivity index (χ1n) is 12.8. The number of hydrogen-bond acceptors (Lipinski definition) is 4. The Labute approximate surface area is 254 Å². The van der Waals surface area contributed by atoms with Gasteiger partial charge < -0.3 is 10.2 Å². The van der Waals surface area contributed by atoms with Gasteiger partial charge in [-0.1, -0.05) is 82.3 Å². The minimum absolute atomic E-state index is 0.0228. The van der Waals surface area contributed by atoms with Gasteiger partial charge in [0.15, 0.2) is 0 Å². The molecule has 1 N–H and O–H groups in total. The maximum atomic E-state index is 13.9. The van der Waals surface area contributed by atoms with Crippen LogP contribution in [0.25, 0.3) is 0 Å². The van der Waals surface area contributed by atoms with Crippen LogP contribution in [0.5, 0.6) is 0 Å². The zero-order valence-electron chi connectivity index (χ0n) is 22.5. The number of aryl methyl sites for hydroxylation is 1. The lowest BCUT2D eigenvalue weighted by Gasteiger charge is -2.32. The van der Waals surface area contributed by atoms with Crippen molar-refractivity contribution in [2.45, 2.75) is 51.1 Å². The number of benzene rings is 3. The molecular weight excluding hydrogens is 637 g/mol. The normalized spacial score (nSPS) is 12.1. The molecular formula is C29H32BrCl2N3O4S. The molecule has 0 fully saturated rings. The van der Waals surface area contributed by atoms with E-state index in [1.807, 2.05) is 13.8 Å². The highest BCUT2D eigenvalue weighted by atomic mass is 79.9. The van der Waals surface area contributed by atoms with Gasteiger partial charge in [0.05, 0.1) is 20.6 Å². The minimum Gasteiger partial charge on any atom is -0.354 e. The number of sulfonamides is 1. The number of carbonyl (C=O) groups excluding carboxylic acids is 2. The van der Waals surface area contributed by atoms with Crippen LogP contribution < -0.4 is 9.62 Å². The van der Waals surface area contributed by atoms with Crippen molar-refractivity contribution in [2.75, 3.05) is 17.4 Å². The lowest BCUT2D eigenvalue weighted by atomic mass is 10.1.